The molecule has 0 spiro atoms. The molecule has 6 heterocycles. The third-order valence-corrected chi connectivity index (χ3v) is 7.93. The molecule has 1 fully saturated rings. The normalized spacial score (nSPS) is 15.1. The maximum Gasteiger partial charge on any atom is 0.176 e. The maximum absolute atomic E-state index is 5.79. The van der Waals surface area contributed by atoms with Crippen LogP contribution in [0.4, 0.5) is 5.82 Å². The number of aryl methyl sites for hydroxylation is 2. The first kappa shape index (κ1) is 25.3. The van der Waals surface area contributed by atoms with Gasteiger partial charge in [-0.05, 0) is 49.4 Å². The van der Waals surface area contributed by atoms with Crippen molar-refractivity contribution in [3.8, 4) is 11.3 Å². The quantitative estimate of drug-likeness (QED) is 0.290. The van der Waals surface area contributed by atoms with Gasteiger partial charge in [0.2, 0.25) is 0 Å². The number of H-pyrrole nitrogens is 1. The van der Waals surface area contributed by atoms with Gasteiger partial charge in [0.1, 0.15) is 11.5 Å². The van der Waals surface area contributed by atoms with Crippen molar-refractivity contribution in [2.24, 2.45) is 13.0 Å². The fourth-order valence-electron chi connectivity index (χ4n) is 6.05. The molecule has 41 heavy (non-hydrogen) atoms. The predicted molar refractivity (Wildman–Crippen MR) is 154 cm³/mol. The summed E-state index contributed by atoms with van der Waals surface area (Å²) in [4.78, 5) is 10.2. The third kappa shape index (κ3) is 4.69. The number of anilines is 1. The van der Waals surface area contributed by atoms with E-state index < -0.39 is 0 Å². The molecule has 2 N–H and O–H groups in total. The molecule has 0 bridgehead atoms. The lowest BCUT2D eigenvalue weighted by Gasteiger charge is -2.32. The van der Waals surface area contributed by atoms with Crippen LogP contribution in [0.15, 0.2) is 54.7 Å². The van der Waals surface area contributed by atoms with Gasteiger partial charge in [0.05, 0.1) is 28.5 Å². The first-order valence-electron chi connectivity index (χ1n) is 13.9. The fourth-order valence-corrected chi connectivity index (χ4v) is 6.05. The van der Waals surface area contributed by atoms with Gasteiger partial charge in [-0.3, -0.25) is 4.98 Å². The Labute approximate surface area is 236 Å². The van der Waals surface area contributed by atoms with Crippen LogP contribution in [0.2, 0.25) is 0 Å². The lowest BCUT2D eigenvalue weighted by atomic mass is 9.86. The second-order valence-electron chi connectivity index (χ2n) is 10.5. The Hall–Kier alpha value is -4.71. The highest BCUT2D eigenvalue weighted by Crippen LogP contribution is 2.41. The van der Waals surface area contributed by atoms with E-state index in [2.05, 4.69) is 83.3 Å². The van der Waals surface area contributed by atoms with Crippen molar-refractivity contribution in [2.45, 2.75) is 32.2 Å². The standard InChI is InChI=1S/C29H31N11O/c1-18-27(39(2)38-33-18)21-16-23-26(31-17-21)22-8-9-24(30-13-10-25-34-36-37-35-25)32-29(22)40(23)28(19-6-4-3-5-7-19)20-11-14-41-15-12-20/h3-9,16-17,20,28H,10-15H2,1-2H3,(H,30,32)(H,34,35,36,37)/t28-/m1/s1. The van der Waals surface area contributed by atoms with Gasteiger partial charge in [-0.2, -0.15) is 5.21 Å². The molecule has 5 aromatic heterocycles. The average molecular weight is 550 g/mol. The zero-order valence-corrected chi connectivity index (χ0v) is 23.0. The van der Waals surface area contributed by atoms with E-state index >= 15 is 0 Å². The molecule has 208 valence electrons. The first-order valence-corrected chi connectivity index (χ1v) is 13.9. The summed E-state index contributed by atoms with van der Waals surface area (Å²) in [5.74, 6) is 1.83. The van der Waals surface area contributed by atoms with Crippen LogP contribution in [0.25, 0.3) is 33.3 Å². The highest BCUT2D eigenvalue weighted by Gasteiger charge is 2.31. The van der Waals surface area contributed by atoms with E-state index in [9.17, 15) is 0 Å². The molecule has 6 aromatic rings. The number of benzene rings is 1. The van der Waals surface area contributed by atoms with Crippen molar-refractivity contribution in [1.82, 2.24) is 50.2 Å². The van der Waals surface area contributed by atoms with Crippen molar-refractivity contribution in [3.05, 3.63) is 71.8 Å². The van der Waals surface area contributed by atoms with E-state index in [1.807, 2.05) is 30.9 Å². The van der Waals surface area contributed by atoms with Gasteiger partial charge in [-0.25, -0.2) is 9.67 Å². The third-order valence-electron chi connectivity index (χ3n) is 7.93. The second-order valence-corrected chi connectivity index (χ2v) is 10.5. The number of tetrazole rings is 1. The van der Waals surface area contributed by atoms with Crippen molar-refractivity contribution in [3.63, 3.8) is 0 Å². The summed E-state index contributed by atoms with van der Waals surface area (Å²) in [6.45, 7) is 4.12. The number of aromatic nitrogens is 10. The van der Waals surface area contributed by atoms with Crippen molar-refractivity contribution in [2.75, 3.05) is 25.1 Å². The fraction of sp³-hybridized carbons (Fsp3) is 0.345. The van der Waals surface area contributed by atoms with Gasteiger partial charge in [-0.1, -0.05) is 40.8 Å². The van der Waals surface area contributed by atoms with Crippen molar-refractivity contribution in [1.29, 1.82) is 0 Å². The molecule has 1 aliphatic heterocycles. The highest BCUT2D eigenvalue weighted by molar-refractivity contribution is 6.05. The molecule has 1 aliphatic rings. The Morgan fingerprint density at radius 1 is 1.10 bits per heavy atom. The Morgan fingerprint density at radius 2 is 1.95 bits per heavy atom. The van der Waals surface area contributed by atoms with Crippen LogP contribution in [0.1, 0.15) is 36.0 Å². The highest BCUT2D eigenvalue weighted by atomic mass is 16.5. The molecular weight excluding hydrogens is 518 g/mol. The smallest absolute Gasteiger partial charge is 0.176 e. The summed E-state index contributed by atoms with van der Waals surface area (Å²) < 4.78 is 9.99. The summed E-state index contributed by atoms with van der Waals surface area (Å²) in [5, 5.41) is 27.2. The van der Waals surface area contributed by atoms with Gasteiger partial charge < -0.3 is 14.6 Å². The van der Waals surface area contributed by atoms with Gasteiger partial charge in [0.25, 0.3) is 0 Å². The molecule has 12 heteroatoms. The minimum Gasteiger partial charge on any atom is -0.381 e. The summed E-state index contributed by atoms with van der Waals surface area (Å²) in [7, 11) is 1.91. The van der Waals surface area contributed by atoms with E-state index in [4.69, 9.17) is 14.7 Å². The number of hydrogen-bond acceptors (Lipinski definition) is 9. The average Bonchev–Trinajstić information content (AvgIpc) is 3.72. The van der Waals surface area contributed by atoms with E-state index in [-0.39, 0.29) is 6.04 Å². The molecule has 0 radical (unpaired) electrons. The lowest BCUT2D eigenvalue weighted by molar-refractivity contribution is 0.0552. The maximum atomic E-state index is 5.79. The number of pyridine rings is 2. The minimum atomic E-state index is 0.0602. The Bertz CT molecular complexity index is 1770. The number of nitrogens with one attached hydrogen (secondary N) is 2. The Morgan fingerprint density at radius 3 is 2.71 bits per heavy atom. The number of nitrogens with zero attached hydrogens (tertiary/aromatic N) is 9. The zero-order chi connectivity index (χ0) is 27.8. The number of hydrogen-bond donors (Lipinski definition) is 2. The minimum absolute atomic E-state index is 0.0602. The number of fused-ring (bicyclic) bond motifs is 3. The molecule has 1 aromatic carbocycles. The summed E-state index contributed by atoms with van der Waals surface area (Å²) in [5.41, 5.74) is 6.91. The van der Waals surface area contributed by atoms with Crippen molar-refractivity contribution < 1.29 is 4.74 Å². The molecule has 0 unspecified atom stereocenters. The van der Waals surface area contributed by atoms with E-state index in [1.165, 1.54) is 5.56 Å². The van der Waals surface area contributed by atoms with E-state index in [0.29, 0.717) is 24.7 Å². The molecule has 0 amide bonds. The number of aromatic amines is 1. The first-order chi connectivity index (χ1) is 20.2. The molecule has 0 saturated carbocycles. The number of rotatable bonds is 8. The van der Waals surface area contributed by atoms with Crippen LogP contribution in [-0.4, -0.2) is 69.9 Å². The zero-order valence-electron chi connectivity index (χ0n) is 23.0. The van der Waals surface area contributed by atoms with Gasteiger partial charge in [0.15, 0.2) is 5.82 Å². The topological polar surface area (TPSA) is 137 Å². The molecule has 1 saturated heterocycles. The molecular formula is C29H31N11O. The van der Waals surface area contributed by atoms with Gasteiger partial charge in [0, 0.05) is 50.4 Å². The van der Waals surface area contributed by atoms with Gasteiger partial charge in [-0.15, -0.1) is 15.3 Å². The summed E-state index contributed by atoms with van der Waals surface area (Å²) >= 11 is 0. The molecule has 7 rings (SSSR count). The van der Waals surface area contributed by atoms with Crippen molar-refractivity contribution >= 4 is 27.9 Å². The van der Waals surface area contributed by atoms with Crippen LogP contribution in [-0.2, 0) is 18.2 Å². The Balaban J connectivity index is 1.42. The second kappa shape index (κ2) is 10.7. The van der Waals surface area contributed by atoms with Crippen LogP contribution in [0.5, 0.6) is 0 Å². The molecule has 0 aliphatic carbocycles. The Kier molecular flexibility index (Phi) is 6.59. The van der Waals surface area contributed by atoms with Gasteiger partial charge >= 0.3 is 0 Å². The molecule has 1 atom stereocenters. The van der Waals surface area contributed by atoms with Crippen LogP contribution in [0.3, 0.4) is 0 Å². The summed E-state index contributed by atoms with van der Waals surface area (Å²) in [6, 6.07) is 17.1. The van der Waals surface area contributed by atoms with Crippen LogP contribution < -0.4 is 5.32 Å². The monoisotopic (exact) mass is 549 g/mol. The van der Waals surface area contributed by atoms with E-state index in [0.717, 1.165) is 70.9 Å². The van der Waals surface area contributed by atoms with E-state index in [1.54, 1.807) is 0 Å². The van der Waals surface area contributed by atoms with Crippen LogP contribution in [0, 0.1) is 12.8 Å². The SMILES string of the molecule is Cc1nnn(C)c1-c1cnc2c3ccc(NCCc4nn[nH]n4)nc3n([C@H](c3ccccc3)C3CCOCC3)c2c1. The van der Waals surface area contributed by atoms with Crippen LogP contribution >= 0.6 is 0 Å². The number of ether oxygens (including phenoxy) is 1. The molecule has 12 nitrogen and oxygen atoms in total. The predicted octanol–water partition coefficient (Wildman–Crippen LogP) is 3.87. The lowest BCUT2D eigenvalue weighted by Crippen LogP contribution is -2.27. The largest absolute Gasteiger partial charge is 0.381 e. The summed E-state index contributed by atoms with van der Waals surface area (Å²) in [6.07, 6.45) is 4.50.